The van der Waals surface area contributed by atoms with Gasteiger partial charge in [0, 0.05) is 0 Å². The van der Waals surface area contributed by atoms with Crippen LogP contribution in [0.3, 0.4) is 0 Å². The number of alkyl halides is 2. The number of rotatable bonds is 2. The molecule has 3 aromatic carbocycles. The van der Waals surface area contributed by atoms with Crippen LogP contribution in [0.1, 0.15) is 31.1 Å². The molecule has 2 heterocycles. The van der Waals surface area contributed by atoms with Gasteiger partial charge in [-0.15, -0.1) is 23.2 Å². The summed E-state index contributed by atoms with van der Waals surface area (Å²) in [7, 11) is -4.57. The molecule has 3 aromatic rings. The van der Waals surface area contributed by atoms with Crippen molar-refractivity contribution in [2.75, 3.05) is 5.34 Å². The number of benzene rings is 3. The van der Waals surface area contributed by atoms with Crippen molar-refractivity contribution < 1.29 is 28.5 Å². The first-order valence-electron chi connectivity index (χ1n) is 9.05. The summed E-state index contributed by atoms with van der Waals surface area (Å²) in [5, 5.41) is 11.0. The Bertz CT molecular complexity index is 1180. The van der Waals surface area contributed by atoms with Crippen LogP contribution in [-0.4, -0.2) is 28.4 Å². The summed E-state index contributed by atoms with van der Waals surface area (Å²) < 4.78 is 12.1. The molecule has 31 heavy (non-hydrogen) atoms. The van der Waals surface area contributed by atoms with Crippen molar-refractivity contribution >= 4 is 64.1 Å². The average Bonchev–Trinajstić information content (AvgIpc) is 3.20. The standard InChI is InChI=1S/C21H13O6P.CH2Cl2/c22-19(23)13-7-1-4-10-16(13)28(17-11-5-2-8-14(17)20(24)26-28)18-12-6-3-9-15(18)21(25)27-28;2-1-3/h1-12H,(H,22,23);1H2. The van der Waals surface area contributed by atoms with Gasteiger partial charge in [-0.3, -0.25) is 0 Å². The zero-order valence-corrected chi connectivity index (χ0v) is 18.2. The average molecular weight is 477 g/mol. The topological polar surface area (TPSA) is 89.9 Å². The first-order chi connectivity index (χ1) is 14.9. The van der Waals surface area contributed by atoms with Gasteiger partial charge in [0.05, 0.1) is 5.34 Å². The Balaban J connectivity index is 0.000000730. The third-order valence-electron chi connectivity index (χ3n) is 5.21. The zero-order valence-electron chi connectivity index (χ0n) is 15.8. The molecule has 0 saturated heterocycles. The summed E-state index contributed by atoms with van der Waals surface area (Å²) in [6.07, 6.45) is 0. The Kier molecular flexibility index (Phi) is 5.26. The number of hydrogen-bond donors (Lipinski definition) is 1. The Morgan fingerprint density at radius 3 is 1.58 bits per heavy atom. The number of fused-ring (bicyclic) bond motifs is 4. The molecule has 1 spiro atoms. The summed E-state index contributed by atoms with van der Waals surface area (Å²) in [6, 6.07) is 19.5. The number of hydrogen-bond acceptors (Lipinski definition) is 5. The fourth-order valence-electron chi connectivity index (χ4n) is 4.13. The molecule has 0 aliphatic carbocycles. The second-order valence-electron chi connectivity index (χ2n) is 6.67. The number of halogens is 2. The van der Waals surface area contributed by atoms with Gasteiger partial charge in [-0.2, -0.15) is 0 Å². The van der Waals surface area contributed by atoms with Crippen LogP contribution in [0.25, 0.3) is 0 Å². The van der Waals surface area contributed by atoms with E-state index in [2.05, 4.69) is 0 Å². The quantitative estimate of drug-likeness (QED) is 0.446. The van der Waals surface area contributed by atoms with Gasteiger partial charge in [-0.05, 0) is 0 Å². The van der Waals surface area contributed by atoms with E-state index in [-0.39, 0.29) is 27.3 Å². The van der Waals surface area contributed by atoms with Gasteiger partial charge in [-0.1, -0.05) is 0 Å². The van der Waals surface area contributed by atoms with E-state index in [1.165, 1.54) is 6.07 Å². The molecule has 158 valence electrons. The maximum atomic E-state index is 12.9. The number of carbonyl (C=O) groups excluding carboxylic acids is 2. The van der Waals surface area contributed by atoms with Gasteiger partial charge in [0.25, 0.3) is 0 Å². The molecule has 5 rings (SSSR count). The molecule has 0 amide bonds. The van der Waals surface area contributed by atoms with Gasteiger partial charge in [0.15, 0.2) is 0 Å². The summed E-state index contributed by atoms with van der Waals surface area (Å²) in [5.41, 5.74) is 0.462. The molecule has 1 N–H and O–H groups in total. The Labute approximate surface area is 187 Å². The Morgan fingerprint density at radius 2 is 1.13 bits per heavy atom. The zero-order chi connectivity index (χ0) is 22.2. The molecular weight excluding hydrogens is 462 g/mol. The number of aromatic carboxylic acids is 1. The van der Waals surface area contributed by atoms with Crippen LogP contribution in [-0.2, 0) is 9.05 Å². The molecule has 2 aliphatic rings. The SMILES string of the molecule is ClCCl.O=C(O)c1ccccc1P12(OC(=O)c3ccccc31)OC(=O)c1ccccc12. The second kappa shape index (κ2) is 7.65. The number of carboxylic acids is 1. The van der Waals surface area contributed by atoms with Gasteiger partial charge >= 0.3 is 159 Å². The van der Waals surface area contributed by atoms with Crippen molar-refractivity contribution in [2.45, 2.75) is 0 Å². The third-order valence-corrected chi connectivity index (χ3v) is 10.0. The van der Waals surface area contributed by atoms with E-state index < -0.39 is 25.0 Å². The monoisotopic (exact) mass is 476 g/mol. The van der Waals surface area contributed by atoms with E-state index in [0.717, 1.165) is 0 Å². The van der Waals surface area contributed by atoms with E-state index in [1.807, 2.05) is 0 Å². The first-order valence-corrected chi connectivity index (χ1v) is 12.2. The van der Waals surface area contributed by atoms with Gasteiger partial charge < -0.3 is 0 Å². The fraction of sp³-hybridized carbons (Fsp3) is 0.0455. The van der Waals surface area contributed by atoms with E-state index in [1.54, 1.807) is 66.7 Å². The Hall–Kier alpha value is -2.92. The van der Waals surface area contributed by atoms with Crippen LogP contribution in [0.2, 0.25) is 0 Å². The van der Waals surface area contributed by atoms with Crippen LogP contribution in [0, 0.1) is 0 Å². The number of carboxylic acid groups (broad SMARTS) is 1. The summed E-state index contributed by atoms with van der Waals surface area (Å²) >= 11 is 9.53. The summed E-state index contributed by atoms with van der Waals surface area (Å²) in [6.45, 7) is 0. The first kappa shape index (κ1) is 21.3. The molecule has 6 nitrogen and oxygen atoms in total. The molecule has 0 atom stereocenters. The van der Waals surface area contributed by atoms with Crippen LogP contribution in [0.5, 0.6) is 0 Å². The molecule has 0 bridgehead atoms. The molecule has 0 saturated carbocycles. The molecule has 9 heteroatoms. The van der Waals surface area contributed by atoms with Gasteiger partial charge in [-0.25, -0.2) is 0 Å². The molecule has 2 aliphatic heterocycles. The van der Waals surface area contributed by atoms with Crippen molar-refractivity contribution in [1.82, 2.24) is 0 Å². The van der Waals surface area contributed by atoms with E-state index >= 15 is 0 Å². The molecule has 0 fully saturated rings. The summed E-state index contributed by atoms with van der Waals surface area (Å²) in [5.74, 6) is -2.48. The third kappa shape index (κ3) is 2.79. The molecule has 0 radical (unpaired) electrons. The van der Waals surface area contributed by atoms with Crippen molar-refractivity contribution in [3.05, 3.63) is 89.5 Å². The van der Waals surface area contributed by atoms with Crippen LogP contribution in [0.4, 0.5) is 0 Å². The predicted molar refractivity (Wildman–Crippen MR) is 120 cm³/mol. The predicted octanol–water partition coefficient (Wildman–Crippen LogP) is 3.81. The van der Waals surface area contributed by atoms with Crippen molar-refractivity contribution in [3.63, 3.8) is 0 Å². The van der Waals surface area contributed by atoms with Crippen molar-refractivity contribution in [1.29, 1.82) is 0 Å². The van der Waals surface area contributed by atoms with Crippen molar-refractivity contribution in [2.24, 2.45) is 0 Å². The van der Waals surface area contributed by atoms with E-state index in [0.29, 0.717) is 10.6 Å². The fourth-order valence-corrected chi connectivity index (χ4v) is 9.25. The summed E-state index contributed by atoms with van der Waals surface area (Å²) in [4.78, 5) is 37.8. The number of carbonyl (C=O) groups is 3. The minimum atomic E-state index is -4.57. The second-order valence-corrected chi connectivity index (χ2v) is 11.2. The van der Waals surface area contributed by atoms with Crippen molar-refractivity contribution in [3.8, 4) is 0 Å². The van der Waals surface area contributed by atoms with Crippen LogP contribution >= 0.6 is 30.3 Å². The molecule has 0 aromatic heterocycles. The van der Waals surface area contributed by atoms with Crippen LogP contribution in [0.15, 0.2) is 72.8 Å². The van der Waals surface area contributed by atoms with E-state index in [9.17, 15) is 19.5 Å². The van der Waals surface area contributed by atoms with Gasteiger partial charge in [0.2, 0.25) is 0 Å². The van der Waals surface area contributed by atoms with Crippen LogP contribution < -0.4 is 15.9 Å². The van der Waals surface area contributed by atoms with E-state index in [4.69, 9.17) is 32.2 Å². The normalized spacial score (nSPS) is 17.8. The Morgan fingerprint density at radius 1 is 0.742 bits per heavy atom. The molecule has 0 unspecified atom stereocenters. The minimum absolute atomic E-state index is 0.0748. The molecular formula is C22H15Cl2O6P. The maximum absolute atomic E-state index is 12.9. The van der Waals surface area contributed by atoms with Gasteiger partial charge in [0.1, 0.15) is 0 Å².